The summed E-state index contributed by atoms with van der Waals surface area (Å²) >= 11 is 0. The van der Waals surface area contributed by atoms with Gasteiger partial charge in [0.1, 0.15) is 0 Å². The van der Waals surface area contributed by atoms with E-state index in [9.17, 15) is 9.59 Å². The molecule has 0 bridgehead atoms. The predicted octanol–water partition coefficient (Wildman–Crippen LogP) is 2.77. The molecule has 0 radical (unpaired) electrons. The average Bonchev–Trinajstić information content (AvgIpc) is 2.76. The molecular formula is C23H28N2O4. The minimum atomic E-state index is -0.495. The van der Waals surface area contributed by atoms with Crippen LogP contribution < -0.4 is 5.32 Å². The first-order valence-electron chi connectivity index (χ1n) is 9.89. The standard InChI is InChI=1S/C23H28N2O4/c1-28-15-8-13-24-22(26)20-18-11-6-7-12-19(18)23(27)25(14-16-29-2)21(20)17-9-4-3-5-10-17/h3-7,9-12,20-21H,8,13-16H2,1-2H3,(H,24,26)/t20-,21-/m1/s1. The van der Waals surface area contributed by atoms with E-state index in [0.717, 1.165) is 17.5 Å². The van der Waals surface area contributed by atoms with Crippen LogP contribution in [-0.4, -0.2) is 57.2 Å². The summed E-state index contributed by atoms with van der Waals surface area (Å²) < 4.78 is 10.3. The number of nitrogens with one attached hydrogen (secondary N) is 1. The molecule has 29 heavy (non-hydrogen) atoms. The second-order valence-electron chi connectivity index (χ2n) is 7.05. The van der Waals surface area contributed by atoms with E-state index in [-0.39, 0.29) is 11.8 Å². The predicted molar refractivity (Wildman–Crippen MR) is 111 cm³/mol. The first-order chi connectivity index (χ1) is 14.2. The van der Waals surface area contributed by atoms with Gasteiger partial charge in [0.15, 0.2) is 0 Å². The van der Waals surface area contributed by atoms with Gasteiger partial charge < -0.3 is 19.7 Å². The summed E-state index contributed by atoms with van der Waals surface area (Å²) in [5, 5.41) is 3.03. The zero-order valence-corrected chi connectivity index (χ0v) is 17.0. The van der Waals surface area contributed by atoms with E-state index in [0.29, 0.717) is 31.9 Å². The van der Waals surface area contributed by atoms with Crippen LogP contribution in [0.15, 0.2) is 54.6 Å². The Kier molecular flexibility index (Phi) is 7.38. The third-order valence-electron chi connectivity index (χ3n) is 5.22. The lowest BCUT2D eigenvalue weighted by atomic mass is 9.79. The van der Waals surface area contributed by atoms with Crippen LogP contribution in [0.1, 0.15) is 39.9 Å². The second-order valence-corrected chi connectivity index (χ2v) is 7.05. The zero-order chi connectivity index (χ0) is 20.6. The maximum atomic E-state index is 13.3. The molecule has 0 aliphatic carbocycles. The second kappa shape index (κ2) is 10.2. The molecule has 1 aliphatic rings. The first-order valence-corrected chi connectivity index (χ1v) is 9.89. The molecule has 2 aromatic carbocycles. The lowest BCUT2D eigenvalue weighted by molar-refractivity contribution is -0.124. The number of hydrogen-bond donors (Lipinski definition) is 1. The number of ether oxygens (including phenoxy) is 2. The molecule has 0 aromatic heterocycles. The monoisotopic (exact) mass is 396 g/mol. The summed E-state index contributed by atoms with van der Waals surface area (Å²) in [5.41, 5.74) is 2.28. The van der Waals surface area contributed by atoms with Crippen LogP contribution in [0.5, 0.6) is 0 Å². The number of fused-ring (bicyclic) bond motifs is 1. The highest BCUT2D eigenvalue weighted by Gasteiger charge is 2.43. The Bertz CT molecular complexity index is 825. The maximum Gasteiger partial charge on any atom is 0.254 e. The highest BCUT2D eigenvalue weighted by atomic mass is 16.5. The van der Waals surface area contributed by atoms with Gasteiger partial charge in [-0.15, -0.1) is 0 Å². The number of carbonyl (C=O) groups is 2. The average molecular weight is 396 g/mol. The van der Waals surface area contributed by atoms with Crippen molar-refractivity contribution >= 4 is 11.8 Å². The van der Waals surface area contributed by atoms with Crippen molar-refractivity contribution in [3.63, 3.8) is 0 Å². The number of methoxy groups -OCH3 is 2. The van der Waals surface area contributed by atoms with E-state index in [4.69, 9.17) is 9.47 Å². The van der Waals surface area contributed by atoms with Crippen LogP contribution in [0, 0.1) is 0 Å². The van der Waals surface area contributed by atoms with Gasteiger partial charge in [0, 0.05) is 39.5 Å². The van der Waals surface area contributed by atoms with Crippen molar-refractivity contribution in [2.75, 3.05) is 40.5 Å². The Balaban J connectivity index is 2.02. The van der Waals surface area contributed by atoms with E-state index < -0.39 is 12.0 Å². The Hall–Kier alpha value is -2.70. The van der Waals surface area contributed by atoms with Crippen LogP contribution in [0.3, 0.4) is 0 Å². The number of amides is 2. The molecule has 1 aliphatic heterocycles. The van der Waals surface area contributed by atoms with E-state index in [1.165, 1.54) is 0 Å². The Labute approximate surface area is 171 Å². The minimum absolute atomic E-state index is 0.0741. The number of nitrogens with zero attached hydrogens (tertiary/aromatic N) is 1. The van der Waals surface area contributed by atoms with Crippen LogP contribution >= 0.6 is 0 Å². The van der Waals surface area contributed by atoms with Gasteiger partial charge >= 0.3 is 0 Å². The highest BCUT2D eigenvalue weighted by molar-refractivity contribution is 6.01. The number of hydrogen-bond acceptors (Lipinski definition) is 4. The molecule has 154 valence electrons. The molecular weight excluding hydrogens is 368 g/mol. The SMILES string of the molecule is COCCCNC(=O)[C@@H]1c2ccccc2C(=O)N(CCOC)[C@@H]1c1ccccc1. The van der Waals surface area contributed by atoms with Gasteiger partial charge in [-0.1, -0.05) is 48.5 Å². The molecule has 0 spiro atoms. The van der Waals surface area contributed by atoms with Gasteiger partial charge in [-0.2, -0.15) is 0 Å². The molecule has 0 fully saturated rings. The summed E-state index contributed by atoms with van der Waals surface area (Å²) in [5.74, 6) is -0.655. The van der Waals surface area contributed by atoms with Crippen LogP contribution in [0.25, 0.3) is 0 Å². The van der Waals surface area contributed by atoms with Gasteiger partial charge in [-0.3, -0.25) is 9.59 Å². The largest absolute Gasteiger partial charge is 0.385 e. The van der Waals surface area contributed by atoms with Gasteiger partial charge in [0.05, 0.1) is 18.6 Å². The number of benzene rings is 2. The van der Waals surface area contributed by atoms with E-state index in [1.807, 2.05) is 48.5 Å². The molecule has 1 N–H and O–H groups in total. The van der Waals surface area contributed by atoms with Crippen LogP contribution in [-0.2, 0) is 14.3 Å². The Morgan fingerprint density at radius 1 is 1.00 bits per heavy atom. The van der Waals surface area contributed by atoms with Crippen molar-refractivity contribution in [1.29, 1.82) is 0 Å². The molecule has 2 aromatic rings. The summed E-state index contributed by atoms with van der Waals surface area (Å²) in [6.07, 6.45) is 0.735. The zero-order valence-electron chi connectivity index (χ0n) is 17.0. The molecule has 1 heterocycles. The van der Waals surface area contributed by atoms with Crippen LogP contribution in [0.4, 0.5) is 0 Å². The first kappa shape index (κ1) is 21.0. The van der Waals surface area contributed by atoms with Crippen molar-refractivity contribution in [2.45, 2.75) is 18.4 Å². The van der Waals surface area contributed by atoms with Crippen molar-refractivity contribution < 1.29 is 19.1 Å². The normalized spacial score (nSPS) is 18.4. The van der Waals surface area contributed by atoms with E-state index in [2.05, 4.69) is 5.32 Å². The van der Waals surface area contributed by atoms with Crippen molar-refractivity contribution in [3.8, 4) is 0 Å². The fourth-order valence-corrected chi connectivity index (χ4v) is 3.87. The quantitative estimate of drug-likeness (QED) is 0.662. The molecule has 0 unspecified atom stereocenters. The fraction of sp³-hybridized carbons (Fsp3) is 0.391. The van der Waals surface area contributed by atoms with Crippen molar-refractivity contribution in [3.05, 3.63) is 71.3 Å². The van der Waals surface area contributed by atoms with Crippen LogP contribution in [0.2, 0.25) is 0 Å². The smallest absolute Gasteiger partial charge is 0.254 e. The lowest BCUT2D eigenvalue weighted by Gasteiger charge is -2.41. The number of carbonyl (C=O) groups excluding carboxylic acids is 2. The van der Waals surface area contributed by atoms with Crippen molar-refractivity contribution in [2.24, 2.45) is 0 Å². The third-order valence-corrected chi connectivity index (χ3v) is 5.22. The summed E-state index contributed by atoms with van der Waals surface area (Å²) in [4.78, 5) is 28.4. The molecule has 2 amide bonds. The summed E-state index contributed by atoms with van der Waals surface area (Å²) in [7, 11) is 3.25. The molecule has 0 saturated heterocycles. The molecule has 6 nitrogen and oxygen atoms in total. The maximum absolute atomic E-state index is 13.3. The van der Waals surface area contributed by atoms with Gasteiger partial charge in [-0.05, 0) is 23.6 Å². The summed E-state index contributed by atoms with van der Waals surface area (Å²) in [6, 6.07) is 16.7. The van der Waals surface area contributed by atoms with E-state index >= 15 is 0 Å². The number of rotatable bonds is 9. The summed E-state index contributed by atoms with van der Waals surface area (Å²) in [6.45, 7) is 1.93. The molecule has 2 atom stereocenters. The Morgan fingerprint density at radius 3 is 2.41 bits per heavy atom. The Morgan fingerprint density at radius 2 is 1.69 bits per heavy atom. The lowest BCUT2D eigenvalue weighted by Crippen LogP contribution is -2.48. The molecule has 3 rings (SSSR count). The highest BCUT2D eigenvalue weighted by Crippen LogP contribution is 2.42. The van der Waals surface area contributed by atoms with E-state index in [1.54, 1.807) is 25.2 Å². The van der Waals surface area contributed by atoms with Crippen molar-refractivity contribution in [1.82, 2.24) is 10.2 Å². The third kappa shape index (κ3) is 4.66. The van der Waals surface area contributed by atoms with Gasteiger partial charge in [0.25, 0.3) is 5.91 Å². The molecule has 0 saturated carbocycles. The van der Waals surface area contributed by atoms with Gasteiger partial charge in [0.2, 0.25) is 5.91 Å². The molecule has 6 heteroatoms. The minimum Gasteiger partial charge on any atom is -0.385 e. The van der Waals surface area contributed by atoms with Gasteiger partial charge in [-0.25, -0.2) is 0 Å². The topological polar surface area (TPSA) is 67.9 Å². The fourth-order valence-electron chi connectivity index (χ4n) is 3.87.